The van der Waals surface area contributed by atoms with Gasteiger partial charge in [-0.1, -0.05) is 0 Å². The molecule has 3 aromatic rings. The van der Waals surface area contributed by atoms with E-state index >= 15 is 0 Å². The van der Waals surface area contributed by atoms with Gasteiger partial charge in [-0.15, -0.1) is 0 Å². The Morgan fingerprint density at radius 2 is 1.69 bits per heavy atom. The lowest BCUT2D eigenvalue weighted by Crippen LogP contribution is -2.56. The van der Waals surface area contributed by atoms with Crippen LogP contribution in [-0.4, -0.2) is 72.7 Å². The molecule has 4 rings (SSSR count). The number of aliphatic hydroxyl groups excluding tert-OH is 3. The van der Waals surface area contributed by atoms with Crippen LogP contribution in [0.1, 0.15) is 18.6 Å². The lowest BCUT2D eigenvalue weighted by atomic mass is 9.89. The lowest BCUT2D eigenvalue weighted by Gasteiger charge is -2.41. The minimum atomic E-state index is -1.76. The summed E-state index contributed by atoms with van der Waals surface area (Å²) in [6.45, 7) is 0.291. The number of benzene rings is 2. The molecule has 1 aliphatic rings. The molecular weight excluding hydrogens is 468 g/mol. The minimum Gasteiger partial charge on any atom is -0.507 e. The molecule has 12 nitrogen and oxygen atoms in total. The van der Waals surface area contributed by atoms with Gasteiger partial charge in [-0.2, -0.15) is 0 Å². The van der Waals surface area contributed by atoms with E-state index in [1.807, 2.05) is 0 Å². The SMILES string of the molecule is CC(=O)OC1C(c2c(O)cc(O)c3c(=O)cc(-c4ccc(O)c(O)c4)oc23)OC(CO)C(O)C1O. The number of hydrogen-bond donors (Lipinski definition) is 7. The molecule has 5 unspecified atom stereocenters. The second-order valence-corrected chi connectivity index (χ2v) is 8.04. The molecule has 7 N–H and O–H groups in total. The third-order valence-corrected chi connectivity index (χ3v) is 5.71. The molecule has 1 fully saturated rings. The summed E-state index contributed by atoms with van der Waals surface area (Å²) in [5.74, 6) is -3.22. The number of hydrogen-bond acceptors (Lipinski definition) is 12. The number of phenols is 4. The Kier molecular flexibility index (Phi) is 6.30. The predicted octanol–water partition coefficient (Wildman–Crippen LogP) is 0.368. The number of ether oxygens (including phenoxy) is 2. The second kappa shape index (κ2) is 9.07. The number of carbonyl (C=O) groups is 1. The predicted molar refractivity (Wildman–Crippen MR) is 117 cm³/mol. The number of aromatic hydroxyl groups is 4. The summed E-state index contributed by atoms with van der Waals surface area (Å²) >= 11 is 0. The van der Waals surface area contributed by atoms with E-state index in [1.165, 1.54) is 6.07 Å². The van der Waals surface area contributed by atoms with Crippen LogP contribution >= 0.6 is 0 Å². The smallest absolute Gasteiger partial charge is 0.303 e. The van der Waals surface area contributed by atoms with Crippen molar-refractivity contribution in [1.29, 1.82) is 0 Å². The van der Waals surface area contributed by atoms with Crippen molar-refractivity contribution in [2.45, 2.75) is 37.4 Å². The highest BCUT2D eigenvalue weighted by molar-refractivity contribution is 5.89. The van der Waals surface area contributed by atoms with Gasteiger partial charge in [-0.25, -0.2) is 0 Å². The largest absolute Gasteiger partial charge is 0.507 e. The van der Waals surface area contributed by atoms with E-state index < -0.39 is 77.1 Å². The lowest BCUT2D eigenvalue weighted by molar-refractivity contribution is -0.240. The molecule has 2 aromatic carbocycles. The molecule has 0 spiro atoms. The third kappa shape index (κ3) is 4.23. The van der Waals surface area contributed by atoms with E-state index in [2.05, 4.69) is 0 Å². The number of carbonyl (C=O) groups excluding carboxylic acids is 1. The van der Waals surface area contributed by atoms with Gasteiger partial charge in [0, 0.05) is 24.6 Å². The van der Waals surface area contributed by atoms with Crippen molar-refractivity contribution in [1.82, 2.24) is 0 Å². The van der Waals surface area contributed by atoms with Crippen molar-refractivity contribution < 1.29 is 54.4 Å². The maximum Gasteiger partial charge on any atom is 0.303 e. The summed E-state index contributed by atoms with van der Waals surface area (Å²) in [6, 6.07) is 5.44. The van der Waals surface area contributed by atoms with E-state index in [0.29, 0.717) is 0 Å². The first-order valence-corrected chi connectivity index (χ1v) is 10.4. The second-order valence-electron chi connectivity index (χ2n) is 8.04. The average Bonchev–Trinajstić information content (AvgIpc) is 2.79. The Morgan fingerprint density at radius 1 is 0.971 bits per heavy atom. The Hall–Kier alpha value is -3.84. The van der Waals surface area contributed by atoms with Gasteiger partial charge in [-0.05, 0) is 18.2 Å². The fraction of sp³-hybridized carbons (Fsp3) is 0.304. The zero-order valence-electron chi connectivity index (χ0n) is 18.2. The normalized spacial score (nSPS) is 24.4. The van der Waals surface area contributed by atoms with Crippen molar-refractivity contribution in [3.8, 4) is 34.3 Å². The highest BCUT2D eigenvalue weighted by atomic mass is 16.6. The first kappa shape index (κ1) is 24.3. The zero-order valence-corrected chi connectivity index (χ0v) is 18.2. The van der Waals surface area contributed by atoms with Crippen molar-refractivity contribution in [2.24, 2.45) is 0 Å². The topological polar surface area (TPSA) is 207 Å². The fourth-order valence-corrected chi connectivity index (χ4v) is 4.06. The monoisotopic (exact) mass is 490 g/mol. The quantitative estimate of drug-likeness (QED) is 0.195. The first-order chi connectivity index (χ1) is 16.5. The maximum absolute atomic E-state index is 12.9. The van der Waals surface area contributed by atoms with Gasteiger partial charge in [0.25, 0.3) is 0 Å². The Bertz CT molecular complexity index is 1350. The molecule has 1 aromatic heterocycles. The van der Waals surface area contributed by atoms with Crippen LogP contribution in [0.25, 0.3) is 22.3 Å². The molecule has 0 aliphatic carbocycles. The van der Waals surface area contributed by atoms with E-state index in [9.17, 15) is 45.3 Å². The van der Waals surface area contributed by atoms with Crippen molar-refractivity contribution in [3.63, 3.8) is 0 Å². The molecule has 35 heavy (non-hydrogen) atoms. The maximum atomic E-state index is 12.9. The average molecular weight is 490 g/mol. The van der Waals surface area contributed by atoms with E-state index in [1.54, 1.807) is 0 Å². The number of aliphatic hydroxyl groups is 3. The van der Waals surface area contributed by atoms with Gasteiger partial charge in [0.15, 0.2) is 28.6 Å². The van der Waals surface area contributed by atoms with Crippen LogP contribution in [0.2, 0.25) is 0 Å². The van der Waals surface area contributed by atoms with Crippen molar-refractivity contribution in [2.75, 3.05) is 6.61 Å². The van der Waals surface area contributed by atoms with Crippen LogP contribution in [0.3, 0.4) is 0 Å². The zero-order chi connectivity index (χ0) is 25.6. The highest BCUT2D eigenvalue weighted by Gasteiger charge is 2.48. The molecule has 2 heterocycles. The standard InChI is InChI=1S/C23H22O12/c1-8(25)33-23-20(32)19(31)16(7-24)35-22(23)18-13(29)5-12(28)17-14(30)6-15(34-21(17)18)9-2-3-10(26)11(27)4-9/h2-6,16,19-20,22-24,26-29,31-32H,7H2,1H3. The first-order valence-electron chi connectivity index (χ1n) is 10.4. The van der Waals surface area contributed by atoms with Gasteiger partial charge in [0.2, 0.25) is 0 Å². The number of fused-ring (bicyclic) bond motifs is 1. The molecule has 0 radical (unpaired) electrons. The van der Waals surface area contributed by atoms with Gasteiger partial charge in [0.05, 0.1) is 12.2 Å². The summed E-state index contributed by atoms with van der Waals surface area (Å²) in [4.78, 5) is 24.6. The molecule has 0 saturated carbocycles. The summed E-state index contributed by atoms with van der Waals surface area (Å²) in [5.41, 5.74) is -1.32. The van der Waals surface area contributed by atoms with Crippen LogP contribution < -0.4 is 5.43 Å². The summed E-state index contributed by atoms with van der Waals surface area (Å²) in [6.07, 6.45) is -7.94. The van der Waals surface area contributed by atoms with Gasteiger partial charge < -0.3 is 49.6 Å². The van der Waals surface area contributed by atoms with E-state index in [0.717, 1.165) is 31.2 Å². The molecular formula is C23H22O12. The molecule has 5 atom stereocenters. The van der Waals surface area contributed by atoms with Gasteiger partial charge in [-0.3, -0.25) is 9.59 Å². The molecule has 1 aliphatic heterocycles. The van der Waals surface area contributed by atoms with Crippen LogP contribution in [0.5, 0.6) is 23.0 Å². The van der Waals surface area contributed by atoms with Crippen LogP contribution in [0.4, 0.5) is 0 Å². The van der Waals surface area contributed by atoms with Crippen LogP contribution in [0, 0.1) is 0 Å². The molecule has 1 saturated heterocycles. The van der Waals surface area contributed by atoms with Crippen LogP contribution in [0.15, 0.2) is 39.5 Å². The summed E-state index contributed by atoms with van der Waals surface area (Å²) in [5, 5.41) is 70.5. The Balaban J connectivity index is 1.99. The highest BCUT2D eigenvalue weighted by Crippen LogP contribution is 2.44. The van der Waals surface area contributed by atoms with E-state index in [4.69, 9.17) is 13.9 Å². The van der Waals surface area contributed by atoms with Gasteiger partial charge >= 0.3 is 5.97 Å². The molecule has 0 bridgehead atoms. The Labute approximate surface area is 196 Å². The van der Waals surface area contributed by atoms with Crippen LogP contribution in [-0.2, 0) is 14.3 Å². The Morgan fingerprint density at radius 3 is 2.31 bits per heavy atom. The van der Waals surface area contributed by atoms with Crippen molar-refractivity contribution in [3.05, 3.63) is 46.1 Å². The fourth-order valence-electron chi connectivity index (χ4n) is 4.06. The van der Waals surface area contributed by atoms with Gasteiger partial charge in [0.1, 0.15) is 47.1 Å². The number of esters is 1. The molecule has 0 amide bonds. The number of phenolic OH excluding ortho intramolecular Hbond substituents is 4. The van der Waals surface area contributed by atoms with E-state index in [-0.39, 0.29) is 22.3 Å². The number of rotatable bonds is 4. The minimum absolute atomic E-state index is 0.136. The summed E-state index contributed by atoms with van der Waals surface area (Å²) < 4.78 is 16.6. The third-order valence-electron chi connectivity index (χ3n) is 5.71. The molecule has 12 heteroatoms. The molecule has 186 valence electrons. The summed E-state index contributed by atoms with van der Waals surface area (Å²) in [7, 11) is 0. The van der Waals surface area contributed by atoms with Crippen molar-refractivity contribution >= 4 is 16.9 Å².